The molecule has 0 aliphatic heterocycles. The first-order valence-corrected chi connectivity index (χ1v) is 5.88. The van der Waals surface area contributed by atoms with Gasteiger partial charge >= 0.3 is 5.97 Å². The van der Waals surface area contributed by atoms with E-state index in [9.17, 15) is 4.79 Å². The van der Waals surface area contributed by atoms with Crippen LogP contribution in [0.4, 0.5) is 0 Å². The molecule has 0 saturated heterocycles. The Kier molecular flexibility index (Phi) is 3.82. The van der Waals surface area contributed by atoms with Gasteiger partial charge in [-0.1, -0.05) is 0 Å². The van der Waals surface area contributed by atoms with Gasteiger partial charge in [0, 0.05) is 31.8 Å². The molecule has 0 aliphatic carbocycles. The molecule has 0 fully saturated rings. The molecule has 0 radical (unpaired) electrons. The summed E-state index contributed by atoms with van der Waals surface area (Å²) in [5, 5.41) is 8.97. The summed E-state index contributed by atoms with van der Waals surface area (Å²) in [6.45, 7) is 0. The summed E-state index contributed by atoms with van der Waals surface area (Å²) in [7, 11) is 1.88. The van der Waals surface area contributed by atoms with Gasteiger partial charge in [-0.05, 0) is 18.6 Å². The number of hydrogen-bond donors (Lipinski definition) is 1. The lowest BCUT2D eigenvalue weighted by molar-refractivity contribution is -0.137. The number of rotatable bonds is 6. The highest BCUT2D eigenvalue weighted by molar-refractivity contribution is 5.67. The number of hydrogen-bond acceptors (Lipinski definition) is 3. The normalized spacial score (nSPS) is 12.5. The minimum Gasteiger partial charge on any atom is -0.481 e. The molecule has 0 aliphatic rings. The van der Waals surface area contributed by atoms with E-state index in [2.05, 4.69) is 4.98 Å². The zero-order chi connectivity index (χ0) is 13.0. The second-order valence-corrected chi connectivity index (χ2v) is 4.31. The van der Waals surface area contributed by atoms with Crippen molar-refractivity contribution in [1.29, 1.82) is 0 Å². The number of furan rings is 1. The fourth-order valence-electron chi connectivity index (χ4n) is 2.08. The van der Waals surface area contributed by atoms with Crippen LogP contribution in [0.3, 0.4) is 0 Å². The smallest absolute Gasteiger partial charge is 0.304 e. The highest BCUT2D eigenvalue weighted by Gasteiger charge is 2.19. The van der Waals surface area contributed by atoms with E-state index in [4.69, 9.17) is 9.52 Å². The lowest BCUT2D eigenvalue weighted by atomic mass is 9.97. The van der Waals surface area contributed by atoms with Gasteiger partial charge in [-0.3, -0.25) is 4.79 Å². The van der Waals surface area contributed by atoms with Gasteiger partial charge in [-0.2, -0.15) is 0 Å². The Hall–Kier alpha value is -2.04. The van der Waals surface area contributed by atoms with Gasteiger partial charge in [0.05, 0.1) is 12.7 Å². The number of carboxylic acids is 1. The first-order valence-electron chi connectivity index (χ1n) is 5.88. The highest BCUT2D eigenvalue weighted by Crippen LogP contribution is 2.23. The molecule has 1 N–H and O–H groups in total. The molecule has 0 bridgehead atoms. The summed E-state index contributed by atoms with van der Waals surface area (Å²) in [6.07, 6.45) is 6.67. The molecule has 96 valence electrons. The van der Waals surface area contributed by atoms with Gasteiger partial charge in [0.25, 0.3) is 0 Å². The standard InChI is InChI=1S/C13H16N2O3/c1-15-7-6-14-13(15)10(9-12(16)17)4-5-11-3-2-8-18-11/h2-3,6-8,10H,4-5,9H2,1H3,(H,16,17). The molecule has 1 atom stereocenters. The SMILES string of the molecule is Cn1ccnc1C(CCc1ccco1)CC(=O)O. The van der Waals surface area contributed by atoms with Gasteiger partial charge in [-0.25, -0.2) is 4.98 Å². The Morgan fingerprint density at radius 2 is 2.44 bits per heavy atom. The van der Waals surface area contributed by atoms with Crippen molar-refractivity contribution in [2.24, 2.45) is 7.05 Å². The second-order valence-electron chi connectivity index (χ2n) is 4.31. The Balaban J connectivity index is 2.06. The van der Waals surface area contributed by atoms with Gasteiger partial charge in [0.2, 0.25) is 0 Å². The van der Waals surface area contributed by atoms with Crippen molar-refractivity contribution in [3.63, 3.8) is 0 Å². The van der Waals surface area contributed by atoms with Crippen LogP contribution in [0.15, 0.2) is 35.2 Å². The van der Waals surface area contributed by atoms with Crippen LogP contribution in [0.25, 0.3) is 0 Å². The number of aryl methyl sites for hydroxylation is 2. The van der Waals surface area contributed by atoms with Gasteiger partial charge in [0.15, 0.2) is 0 Å². The minimum absolute atomic E-state index is 0.0889. The molecular weight excluding hydrogens is 232 g/mol. The number of aliphatic carboxylic acids is 1. The van der Waals surface area contributed by atoms with Gasteiger partial charge in [0.1, 0.15) is 11.6 Å². The first-order chi connectivity index (χ1) is 8.66. The maximum Gasteiger partial charge on any atom is 0.304 e. The fourth-order valence-corrected chi connectivity index (χ4v) is 2.08. The molecular formula is C13H16N2O3. The van der Waals surface area contributed by atoms with E-state index in [1.54, 1.807) is 12.5 Å². The second kappa shape index (κ2) is 5.53. The van der Waals surface area contributed by atoms with Crippen LogP contribution < -0.4 is 0 Å². The molecule has 5 heteroatoms. The van der Waals surface area contributed by atoms with Crippen LogP contribution in [0, 0.1) is 0 Å². The fraction of sp³-hybridized carbons (Fsp3) is 0.385. The molecule has 5 nitrogen and oxygen atoms in total. The van der Waals surface area contributed by atoms with Gasteiger partial charge < -0.3 is 14.1 Å². The average Bonchev–Trinajstić information content (AvgIpc) is 2.95. The minimum atomic E-state index is -0.803. The summed E-state index contributed by atoms with van der Waals surface area (Å²) < 4.78 is 7.13. The van der Waals surface area contributed by atoms with Crippen molar-refractivity contribution in [2.75, 3.05) is 0 Å². The number of aromatic nitrogens is 2. The summed E-state index contributed by atoms with van der Waals surface area (Å²) in [5.74, 6) is 0.790. The molecule has 2 aromatic rings. The zero-order valence-electron chi connectivity index (χ0n) is 10.2. The van der Waals surface area contributed by atoms with Crippen molar-refractivity contribution < 1.29 is 14.3 Å². The third-order valence-electron chi connectivity index (χ3n) is 2.96. The van der Waals surface area contributed by atoms with E-state index in [0.717, 1.165) is 18.0 Å². The molecule has 2 aromatic heterocycles. The molecule has 0 aromatic carbocycles. The van der Waals surface area contributed by atoms with Crippen LogP contribution >= 0.6 is 0 Å². The summed E-state index contributed by atoms with van der Waals surface area (Å²) >= 11 is 0. The van der Waals surface area contributed by atoms with Gasteiger partial charge in [-0.15, -0.1) is 0 Å². The Morgan fingerprint density at radius 3 is 3.00 bits per heavy atom. The van der Waals surface area contributed by atoms with E-state index < -0.39 is 5.97 Å². The maximum absolute atomic E-state index is 10.9. The van der Waals surface area contributed by atoms with E-state index in [1.165, 1.54) is 0 Å². The number of carboxylic acid groups (broad SMARTS) is 1. The van der Waals surface area contributed by atoms with Crippen molar-refractivity contribution in [1.82, 2.24) is 9.55 Å². The van der Waals surface area contributed by atoms with Crippen molar-refractivity contribution in [3.8, 4) is 0 Å². The van der Waals surface area contributed by atoms with Crippen LogP contribution in [0.2, 0.25) is 0 Å². The van der Waals surface area contributed by atoms with Crippen LogP contribution in [-0.4, -0.2) is 20.6 Å². The number of imidazole rings is 1. The van der Waals surface area contributed by atoms with Crippen LogP contribution in [0.1, 0.15) is 30.3 Å². The lowest BCUT2D eigenvalue weighted by Crippen LogP contribution is -2.12. The molecule has 0 spiro atoms. The molecule has 18 heavy (non-hydrogen) atoms. The number of nitrogens with zero attached hydrogens (tertiary/aromatic N) is 2. The summed E-state index contributed by atoms with van der Waals surface area (Å²) in [4.78, 5) is 15.2. The van der Waals surface area contributed by atoms with E-state index in [0.29, 0.717) is 6.42 Å². The quantitative estimate of drug-likeness (QED) is 0.851. The predicted molar refractivity (Wildman–Crippen MR) is 65.2 cm³/mol. The molecule has 2 rings (SSSR count). The lowest BCUT2D eigenvalue weighted by Gasteiger charge is -2.13. The highest BCUT2D eigenvalue weighted by atomic mass is 16.4. The average molecular weight is 248 g/mol. The van der Waals surface area contributed by atoms with E-state index >= 15 is 0 Å². The predicted octanol–water partition coefficient (Wildman–Crippen LogP) is 2.20. The zero-order valence-corrected chi connectivity index (χ0v) is 10.2. The monoisotopic (exact) mass is 248 g/mol. The van der Waals surface area contributed by atoms with Crippen molar-refractivity contribution in [3.05, 3.63) is 42.4 Å². The van der Waals surface area contributed by atoms with Crippen molar-refractivity contribution >= 4 is 5.97 Å². The first kappa shape index (κ1) is 12.4. The Morgan fingerprint density at radius 1 is 1.61 bits per heavy atom. The Bertz CT molecular complexity index is 502. The summed E-state index contributed by atoms with van der Waals surface area (Å²) in [5.41, 5.74) is 0. The van der Waals surface area contributed by atoms with Crippen molar-refractivity contribution in [2.45, 2.75) is 25.2 Å². The largest absolute Gasteiger partial charge is 0.481 e. The number of carbonyl (C=O) groups is 1. The maximum atomic E-state index is 10.9. The van der Waals surface area contributed by atoms with Crippen LogP contribution in [-0.2, 0) is 18.3 Å². The van der Waals surface area contributed by atoms with E-state index in [-0.39, 0.29) is 12.3 Å². The third kappa shape index (κ3) is 3.00. The Labute approximate surface area is 105 Å². The molecule has 1 unspecified atom stereocenters. The summed E-state index contributed by atoms with van der Waals surface area (Å²) in [6, 6.07) is 3.73. The molecule has 0 amide bonds. The third-order valence-corrected chi connectivity index (χ3v) is 2.96. The topological polar surface area (TPSA) is 68.3 Å². The molecule has 2 heterocycles. The van der Waals surface area contributed by atoms with Crippen LogP contribution in [0.5, 0.6) is 0 Å². The van der Waals surface area contributed by atoms with E-state index in [1.807, 2.05) is 29.9 Å². The molecule has 0 saturated carbocycles.